The first-order valence-corrected chi connectivity index (χ1v) is 3.75. The number of rotatable bonds is 3. The van der Waals surface area contributed by atoms with Crippen LogP contribution in [0.4, 0.5) is 0 Å². The van der Waals surface area contributed by atoms with Gasteiger partial charge in [0, 0.05) is 13.3 Å². The highest BCUT2D eigenvalue weighted by molar-refractivity contribution is 5.08. The van der Waals surface area contributed by atoms with Gasteiger partial charge in [0.1, 0.15) is 6.73 Å². The molecular formula is C8H14N2O. The highest BCUT2D eigenvalue weighted by Gasteiger charge is 2.01. The zero-order chi connectivity index (χ0) is 8.27. The summed E-state index contributed by atoms with van der Waals surface area (Å²) in [5.74, 6) is 0.542. The van der Waals surface area contributed by atoms with E-state index >= 15 is 0 Å². The number of ether oxygens (including phenoxy) is 1. The molecular weight excluding hydrogens is 140 g/mol. The van der Waals surface area contributed by atoms with Crippen LogP contribution in [0.3, 0.4) is 0 Å². The topological polar surface area (TPSA) is 27.1 Å². The fourth-order valence-electron chi connectivity index (χ4n) is 0.881. The van der Waals surface area contributed by atoms with Crippen molar-refractivity contribution in [2.45, 2.75) is 26.5 Å². The van der Waals surface area contributed by atoms with Crippen molar-refractivity contribution >= 4 is 0 Å². The van der Waals surface area contributed by atoms with Crippen molar-refractivity contribution in [2.75, 3.05) is 7.11 Å². The summed E-state index contributed by atoms with van der Waals surface area (Å²) in [4.78, 5) is 0. The Labute approximate surface area is 67.0 Å². The summed E-state index contributed by atoms with van der Waals surface area (Å²) in [5.41, 5.74) is 1.25. The van der Waals surface area contributed by atoms with Crippen LogP contribution in [0.1, 0.15) is 25.3 Å². The lowest BCUT2D eigenvalue weighted by Crippen LogP contribution is -1.99. The summed E-state index contributed by atoms with van der Waals surface area (Å²) in [6.45, 7) is 4.83. The van der Waals surface area contributed by atoms with Gasteiger partial charge in [-0.3, -0.25) is 0 Å². The zero-order valence-corrected chi connectivity index (χ0v) is 7.24. The SMILES string of the molecule is COCn1cc(C(C)C)cn1. The second-order valence-corrected chi connectivity index (χ2v) is 2.89. The van der Waals surface area contributed by atoms with Crippen LogP contribution in [-0.2, 0) is 11.5 Å². The largest absolute Gasteiger partial charge is 0.362 e. The van der Waals surface area contributed by atoms with Gasteiger partial charge in [-0.25, -0.2) is 4.68 Å². The molecule has 0 aromatic carbocycles. The zero-order valence-electron chi connectivity index (χ0n) is 7.24. The van der Waals surface area contributed by atoms with E-state index in [0.29, 0.717) is 12.6 Å². The number of nitrogens with zero attached hydrogens (tertiary/aromatic N) is 2. The molecule has 0 N–H and O–H groups in total. The minimum atomic E-state index is 0.534. The van der Waals surface area contributed by atoms with Crippen LogP contribution in [0.2, 0.25) is 0 Å². The van der Waals surface area contributed by atoms with Crippen molar-refractivity contribution in [3.63, 3.8) is 0 Å². The molecule has 0 saturated heterocycles. The van der Waals surface area contributed by atoms with Gasteiger partial charge in [-0.05, 0) is 11.5 Å². The molecule has 1 heterocycles. The van der Waals surface area contributed by atoms with Crippen LogP contribution in [0.15, 0.2) is 12.4 Å². The average Bonchev–Trinajstić information content (AvgIpc) is 2.37. The molecule has 0 saturated carbocycles. The molecule has 0 radical (unpaired) electrons. The van der Waals surface area contributed by atoms with Gasteiger partial charge in [0.05, 0.1) is 6.20 Å². The third-order valence-corrected chi connectivity index (χ3v) is 1.58. The number of aromatic nitrogens is 2. The van der Waals surface area contributed by atoms with Crippen LogP contribution in [-0.4, -0.2) is 16.9 Å². The van der Waals surface area contributed by atoms with Crippen molar-refractivity contribution in [3.05, 3.63) is 18.0 Å². The van der Waals surface area contributed by atoms with Gasteiger partial charge in [0.15, 0.2) is 0 Å². The first kappa shape index (κ1) is 8.27. The van der Waals surface area contributed by atoms with Crippen LogP contribution in [0, 0.1) is 0 Å². The summed E-state index contributed by atoms with van der Waals surface area (Å²) >= 11 is 0. The van der Waals surface area contributed by atoms with Crippen LogP contribution in [0.25, 0.3) is 0 Å². The van der Waals surface area contributed by atoms with Gasteiger partial charge in [-0.2, -0.15) is 5.10 Å². The van der Waals surface area contributed by atoms with Crippen molar-refractivity contribution in [3.8, 4) is 0 Å². The average molecular weight is 154 g/mol. The first-order chi connectivity index (χ1) is 5.24. The summed E-state index contributed by atoms with van der Waals surface area (Å²) < 4.78 is 6.71. The Morgan fingerprint density at radius 3 is 2.82 bits per heavy atom. The van der Waals surface area contributed by atoms with Gasteiger partial charge >= 0.3 is 0 Å². The van der Waals surface area contributed by atoms with E-state index in [0.717, 1.165) is 0 Å². The molecule has 1 aromatic rings. The number of hydrogen-bond acceptors (Lipinski definition) is 2. The highest BCUT2D eigenvalue weighted by atomic mass is 16.5. The van der Waals surface area contributed by atoms with Crippen molar-refractivity contribution in [2.24, 2.45) is 0 Å². The maximum absolute atomic E-state index is 4.92. The molecule has 0 aliphatic heterocycles. The third-order valence-electron chi connectivity index (χ3n) is 1.58. The van der Waals surface area contributed by atoms with E-state index in [-0.39, 0.29) is 0 Å². The maximum atomic E-state index is 4.92. The van der Waals surface area contributed by atoms with Gasteiger partial charge in [-0.1, -0.05) is 13.8 Å². The molecule has 3 heteroatoms. The van der Waals surface area contributed by atoms with Crippen LogP contribution in [0.5, 0.6) is 0 Å². The van der Waals surface area contributed by atoms with E-state index in [1.165, 1.54) is 5.56 Å². The van der Waals surface area contributed by atoms with E-state index in [1.54, 1.807) is 11.8 Å². The molecule has 0 aliphatic rings. The van der Waals surface area contributed by atoms with Gasteiger partial charge in [-0.15, -0.1) is 0 Å². The van der Waals surface area contributed by atoms with Crippen molar-refractivity contribution in [1.29, 1.82) is 0 Å². The Morgan fingerprint density at radius 2 is 2.36 bits per heavy atom. The Bertz CT molecular complexity index is 218. The second kappa shape index (κ2) is 3.53. The quantitative estimate of drug-likeness (QED) is 0.661. The highest BCUT2D eigenvalue weighted by Crippen LogP contribution is 2.11. The molecule has 3 nitrogen and oxygen atoms in total. The van der Waals surface area contributed by atoms with E-state index < -0.39 is 0 Å². The predicted molar refractivity (Wildman–Crippen MR) is 43.3 cm³/mol. The molecule has 1 aromatic heterocycles. The van der Waals surface area contributed by atoms with Gasteiger partial charge in [0.25, 0.3) is 0 Å². The summed E-state index contributed by atoms with van der Waals surface area (Å²) in [6.07, 6.45) is 3.89. The lowest BCUT2D eigenvalue weighted by atomic mass is 10.1. The molecule has 62 valence electrons. The summed E-state index contributed by atoms with van der Waals surface area (Å²) in [5, 5.41) is 4.12. The molecule has 0 spiro atoms. The fourth-order valence-corrected chi connectivity index (χ4v) is 0.881. The third kappa shape index (κ3) is 2.05. The smallest absolute Gasteiger partial charge is 0.138 e. The maximum Gasteiger partial charge on any atom is 0.138 e. The first-order valence-electron chi connectivity index (χ1n) is 3.75. The van der Waals surface area contributed by atoms with E-state index in [1.807, 2.05) is 12.4 Å². The second-order valence-electron chi connectivity index (χ2n) is 2.89. The molecule has 0 fully saturated rings. The Balaban J connectivity index is 2.66. The van der Waals surface area contributed by atoms with Crippen molar-refractivity contribution in [1.82, 2.24) is 9.78 Å². The minimum Gasteiger partial charge on any atom is -0.362 e. The Morgan fingerprint density at radius 1 is 1.64 bits per heavy atom. The monoisotopic (exact) mass is 154 g/mol. The molecule has 0 atom stereocenters. The normalized spacial score (nSPS) is 10.9. The molecule has 0 bridgehead atoms. The lowest BCUT2D eigenvalue weighted by Gasteiger charge is -1.98. The van der Waals surface area contributed by atoms with E-state index in [2.05, 4.69) is 18.9 Å². The van der Waals surface area contributed by atoms with E-state index in [9.17, 15) is 0 Å². The standard InChI is InChI=1S/C8H14N2O/c1-7(2)8-4-9-10(5-8)6-11-3/h4-5,7H,6H2,1-3H3. The molecule has 0 amide bonds. The fraction of sp³-hybridized carbons (Fsp3) is 0.625. The number of hydrogen-bond donors (Lipinski definition) is 0. The number of methoxy groups -OCH3 is 1. The molecule has 0 aliphatic carbocycles. The Kier molecular flexibility index (Phi) is 2.65. The van der Waals surface area contributed by atoms with Crippen LogP contribution < -0.4 is 0 Å². The van der Waals surface area contributed by atoms with Crippen molar-refractivity contribution < 1.29 is 4.74 Å². The predicted octanol–water partition coefficient (Wildman–Crippen LogP) is 1.61. The van der Waals surface area contributed by atoms with Gasteiger partial charge in [0.2, 0.25) is 0 Å². The Hall–Kier alpha value is -0.830. The van der Waals surface area contributed by atoms with Crippen LogP contribution >= 0.6 is 0 Å². The molecule has 0 unspecified atom stereocenters. The van der Waals surface area contributed by atoms with Gasteiger partial charge < -0.3 is 4.74 Å². The lowest BCUT2D eigenvalue weighted by molar-refractivity contribution is 0.120. The summed E-state index contributed by atoms with van der Waals surface area (Å²) in [7, 11) is 1.66. The molecule has 11 heavy (non-hydrogen) atoms. The summed E-state index contributed by atoms with van der Waals surface area (Å²) in [6, 6.07) is 0. The minimum absolute atomic E-state index is 0.534. The van der Waals surface area contributed by atoms with E-state index in [4.69, 9.17) is 4.74 Å². The molecule has 1 rings (SSSR count).